The minimum Gasteiger partial charge on any atom is -0.507 e. The summed E-state index contributed by atoms with van der Waals surface area (Å²) in [4.78, 5) is 0. The van der Waals surface area contributed by atoms with Crippen LogP contribution in [0.15, 0.2) is 49.6 Å². The third kappa shape index (κ3) is 3.53. The molecule has 0 saturated heterocycles. The van der Waals surface area contributed by atoms with Crippen LogP contribution in [0.25, 0.3) is 12.2 Å². The van der Waals surface area contributed by atoms with Crippen molar-refractivity contribution in [3.8, 4) is 11.5 Å². The maximum absolute atomic E-state index is 10.1. The smallest absolute Gasteiger partial charge is 0.122 e. The van der Waals surface area contributed by atoms with Crippen molar-refractivity contribution < 1.29 is 10.2 Å². The first-order valence-corrected chi connectivity index (χ1v) is 9.63. The lowest BCUT2D eigenvalue weighted by molar-refractivity contribution is 0.127. The standard InChI is InChI=1S/C25H30O2/c1-6-18-12-20(8-10-22(18)26)25(15-17(3)14-24(4,5)16-25)21-9-11-23(27)19(7-2)13-21/h6-13,17,26-27H,1-2,14-16H2,3-5H3. The van der Waals surface area contributed by atoms with E-state index in [2.05, 4.69) is 46.1 Å². The molecule has 2 aromatic carbocycles. The molecule has 2 nitrogen and oxygen atoms in total. The monoisotopic (exact) mass is 362 g/mol. The summed E-state index contributed by atoms with van der Waals surface area (Å²) in [5.41, 5.74) is 3.90. The lowest BCUT2D eigenvalue weighted by Crippen LogP contribution is -2.41. The van der Waals surface area contributed by atoms with E-state index in [1.54, 1.807) is 24.3 Å². The van der Waals surface area contributed by atoms with Crippen LogP contribution in [0, 0.1) is 11.3 Å². The summed E-state index contributed by atoms with van der Waals surface area (Å²) in [6, 6.07) is 11.8. The van der Waals surface area contributed by atoms with E-state index in [1.807, 2.05) is 12.1 Å². The van der Waals surface area contributed by atoms with Crippen LogP contribution in [-0.2, 0) is 5.41 Å². The lowest BCUT2D eigenvalue weighted by atomic mass is 9.55. The first-order chi connectivity index (χ1) is 12.7. The predicted molar refractivity (Wildman–Crippen MR) is 114 cm³/mol. The second kappa shape index (κ2) is 6.92. The Hall–Kier alpha value is -2.48. The van der Waals surface area contributed by atoms with E-state index in [1.165, 1.54) is 17.5 Å². The first-order valence-electron chi connectivity index (χ1n) is 9.63. The Labute approximate surface area is 162 Å². The molecule has 1 saturated carbocycles. The highest BCUT2D eigenvalue weighted by Gasteiger charge is 2.45. The minimum absolute atomic E-state index is 0.182. The molecule has 1 atom stereocenters. The zero-order valence-electron chi connectivity index (χ0n) is 16.6. The van der Waals surface area contributed by atoms with Gasteiger partial charge in [-0.3, -0.25) is 0 Å². The summed E-state index contributed by atoms with van der Waals surface area (Å²) in [6.45, 7) is 14.7. The number of hydrogen-bond donors (Lipinski definition) is 2. The van der Waals surface area contributed by atoms with E-state index in [0.29, 0.717) is 5.92 Å². The van der Waals surface area contributed by atoms with Crippen LogP contribution in [0.3, 0.4) is 0 Å². The normalized spacial score (nSPS) is 20.8. The van der Waals surface area contributed by atoms with Crippen molar-refractivity contribution in [2.45, 2.75) is 45.4 Å². The van der Waals surface area contributed by atoms with Gasteiger partial charge in [0, 0.05) is 16.5 Å². The van der Waals surface area contributed by atoms with Crippen LogP contribution >= 0.6 is 0 Å². The van der Waals surface area contributed by atoms with Gasteiger partial charge in [0.25, 0.3) is 0 Å². The number of phenolic OH excluding ortho intramolecular Hbond substituents is 2. The average Bonchev–Trinajstić information content (AvgIpc) is 2.60. The SMILES string of the molecule is C=Cc1cc(C2(c3ccc(O)c(C=C)c3)CC(C)CC(C)(C)C2)ccc1O. The Bertz CT molecular complexity index is 818. The Balaban J connectivity index is 2.27. The van der Waals surface area contributed by atoms with Gasteiger partial charge in [-0.25, -0.2) is 0 Å². The van der Waals surface area contributed by atoms with Crippen molar-refractivity contribution in [3.05, 3.63) is 71.8 Å². The maximum Gasteiger partial charge on any atom is 0.122 e. The van der Waals surface area contributed by atoms with Gasteiger partial charge in [-0.1, -0.05) is 58.2 Å². The molecule has 0 radical (unpaired) electrons. The van der Waals surface area contributed by atoms with Crippen LogP contribution in [0.5, 0.6) is 11.5 Å². The van der Waals surface area contributed by atoms with E-state index >= 15 is 0 Å². The molecule has 27 heavy (non-hydrogen) atoms. The number of rotatable bonds is 4. The Morgan fingerprint density at radius 3 is 1.78 bits per heavy atom. The Morgan fingerprint density at radius 2 is 1.37 bits per heavy atom. The number of hydrogen-bond acceptors (Lipinski definition) is 2. The summed E-state index contributed by atoms with van der Waals surface area (Å²) in [7, 11) is 0. The predicted octanol–water partition coefficient (Wildman–Crippen LogP) is 6.52. The van der Waals surface area contributed by atoms with Gasteiger partial charge >= 0.3 is 0 Å². The van der Waals surface area contributed by atoms with Gasteiger partial charge in [0.05, 0.1) is 0 Å². The van der Waals surface area contributed by atoms with E-state index in [0.717, 1.165) is 24.0 Å². The van der Waals surface area contributed by atoms with Crippen LogP contribution in [0.1, 0.15) is 62.3 Å². The van der Waals surface area contributed by atoms with E-state index in [4.69, 9.17) is 0 Å². The molecular weight excluding hydrogens is 332 g/mol. The molecule has 0 amide bonds. The van der Waals surface area contributed by atoms with Crippen molar-refractivity contribution in [1.82, 2.24) is 0 Å². The topological polar surface area (TPSA) is 40.5 Å². The molecule has 0 heterocycles. The lowest BCUT2D eigenvalue weighted by Gasteiger charge is -2.49. The van der Waals surface area contributed by atoms with E-state index in [-0.39, 0.29) is 22.3 Å². The molecule has 2 N–H and O–H groups in total. The van der Waals surface area contributed by atoms with Crippen LogP contribution in [-0.4, -0.2) is 10.2 Å². The van der Waals surface area contributed by atoms with E-state index < -0.39 is 0 Å². The zero-order chi connectivity index (χ0) is 19.8. The highest BCUT2D eigenvalue weighted by atomic mass is 16.3. The molecule has 1 fully saturated rings. The van der Waals surface area contributed by atoms with Crippen molar-refractivity contribution in [1.29, 1.82) is 0 Å². The van der Waals surface area contributed by atoms with Gasteiger partial charge in [0.15, 0.2) is 0 Å². The largest absolute Gasteiger partial charge is 0.507 e. The highest BCUT2D eigenvalue weighted by Crippen LogP contribution is 2.54. The van der Waals surface area contributed by atoms with Crippen molar-refractivity contribution >= 4 is 12.2 Å². The summed E-state index contributed by atoms with van der Waals surface area (Å²) in [6.07, 6.45) is 6.63. The molecule has 3 rings (SSSR count). The van der Waals surface area contributed by atoms with Gasteiger partial charge in [0.2, 0.25) is 0 Å². The fourth-order valence-corrected chi connectivity index (χ4v) is 5.21. The summed E-state index contributed by atoms with van der Waals surface area (Å²) in [5, 5.41) is 20.3. The summed E-state index contributed by atoms with van der Waals surface area (Å²) in [5.74, 6) is 1.07. The second-order valence-corrected chi connectivity index (χ2v) is 8.89. The van der Waals surface area contributed by atoms with Gasteiger partial charge < -0.3 is 10.2 Å². The van der Waals surface area contributed by atoms with Gasteiger partial charge in [-0.2, -0.15) is 0 Å². The Kier molecular flexibility index (Phi) is 4.94. The fraction of sp³-hybridized carbons (Fsp3) is 0.360. The molecule has 0 spiro atoms. The maximum atomic E-state index is 10.1. The summed E-state index contributed by atoms with van der Waals surface area (Å²) < 4.78 is 0. The van der Waals surface area contributed by atoms with Gasteiger partial charge in [-0.15, -0.1) is 0 Å². The third-order valence-electron chi connectivity index (χ3n) is 5.98. The van der Waals surface area contributed by atoms with Crippen LogP contribution in [0.2, 0.25) is 0 Å². The number of aromatic hydroxyl groups is 2. The average molecular weight is 363 g/mol. The van der Waals surface area contributed by atoms with Crippen LogP contribution < -0.4 is 0 Å². The van der Waals surface area contributed by atoms with Crippen molar-refractivity contribution in [2.75, 3.05) is 0 Å². The molecule has 0 bridgehead atoms. The molecule has 2 heteroatoms. The van der Waals surface area contributed by atoms with Crippen molar-refractivity contribution in [2.24, 2.45) is 11.3 Å². The fourth-order valence-electron chi connectivity index (χ4n) is 5.21. The molecular formula is C25H30O2. The highest BCUT2D eigenvalue weighted by molar-refractivity contribution is 5.61. The second-order valence-electron chi connectivity index (χ2n) is 8.89. The molecule has 1 unspecified atom stereocenters. The number of benzene rings is 2. The summed E-state index contributed by atoms with van der Waals surface area (Å²) >= 11 is 0. The third-order valence-corrected chi connectivity index (χ3v) is 5.98. The molecule has 1 aliphatic rings. The molecule has 142 valence electrons. The molecule has 2 aromatic rings. The minimum atomic E-state index is -0.182. The van der Waals surface area contributed by atoms with Gasteiger partial charge in [0.1, 0.15) is 11.5 Å². The molecule has 1 aliphatic carbocycles. The molecule has 0 aromatic heterocycles. The quantitative estimate of drug-likeness (QED) is 0.650. The van der Waals surface area contributed by atoms with Gasteiger partial charge in [-0.05, 0) is 66.0 Å². The first kappa shape index (κ1) is 19.3. The molecule has 0 aliphatic heterocycles. The van der Waals surface area contributed by atoms with Crippen molar-refractivity contribution in [3.63, 3.8) is 0 Å². The zero-order valence-corrected chi connectivity index (χ0v) is 16.6. The Morgan fingerprint density at radius 1 is 0.889 bits per heavy atom. The van der Waals surface area contributed by atoms with Crippen LogP contribution in [0.4, 0.5) is 0 Å². The van der Waals surface area contributed by atoms with E-state index in [9.17, 15) is 10.2 Å². The number of phenols is 2.